The minimum Gasteiger partial charge on any atom is -0.323 e. The molecule has 4 nitrogen and oxygen atoms in total. The van der Waals surface area contributed by atoms with Gasteiger partial charge in [0.2, 0.25) is 5.13 Å². The molecule has 2 heterocycles. The second-order valence-electron chi connectivity index (χ2n) is 3.67. The van der Waals surface area contributed by atoms with Crippen LogP contribution in [0.15, 0.2) is 12.3 Å². The van der Waals surface area contributed by atoms with E-state index in [2.05, 4.69) is 10.1 Å². The Morgan fingerprint density at radius 2 is 2.20 bits per heavy atom. The zero-order chi connectivity index (χ0) is 11.0. The van der Waals surface area contributed by atoms with Crippen molar-refractivity contribution in [2.75, 3.05) is 0 Å². The number of aromatic nitrogens is 3. The third-order valence-corrected chi connectivity index (χ3v) is 3.32. The van der Waals surface area contributed by atoms with E-state index in [-0.39, 0.29) is 6.04 Å². The van der Waals surface area contributed by atoms with Crippen molar-refractivity contribution in [3.63, 3.8) is 0 Å². The van der Waals surface area contributed by atoms with Gasteiger partial charge in [0, 0.05) is 22.8 Å². The maximum atomic E-state index is 5.79. The first-order valence-corrected chi connectivity index (χ1v) is 5.64. The molecule has 1 unspecified atom stereocenters. The minimum absolute atomic E-state index is 0.0354. The number of hydrogen-bond acceptors (Lipinski definition) is 4. The molecule has 0 spiro atoms. The number of nitrogens with two attached hydrogens (primary N) is 1. The predicted octanol–water partition coefficient (Wildman–Crippen LogP) is 1.97. The molecule has 0 amide bonds. The highest BCUT2D eigenvalue weighted by molar-refractivity contribution is 7.14. The lowest BCUT2D eigenvalue weighted by atomic mass is 10.3. The third kappa shape index (κ3) is 1.93. The number of nitrogens with zero attached hydrogens (tertiary/aromatic N) is 3. The smallest absolute Gasteiger partial charge is 0.210 e. The van der Waals surface area contributed by atoms with Crippen LogP contribution in [0.1, 0.15) is 29.2 Å². The fraction of sp³-hybridized carbons (Fsp3) is 0.400. The van der Waals surface area contributed by atoms with E-state index in [1.54, 1.807) is 11.3 Å². The molecule has 80 valence electrons. The van der Waals surface area contributed by atoms with Crippen molar-refractivity contribution in [1.29, 1.82) is 0 Å². The summed E-state index contributed by atoms with van der Waals surface area (Å²) in [5.41, 5.74) is 7.89. The molecule has 2 aromatic heterocycles. The van der Waals surface area contributed by atoms with E-state index in [0.717, 1.165) is 21.4 Å². The summed E-state index contributed by atoms with van der Waals surface area (Å²) in [4.78, 5) is 5.40. The van der Waals surface area contributed by atoms with Gasteiger partial charge in [-0.25, -0.2) is 9.67 Å². The molecule has 0 fully saturated rings. The van der Waals surface area contributed by atoms with E-state index in [1.807, 2.05) is 37.7 Å². The van der Waals surface area contributed by atoms with Gasteiger partial charge in [0.05, 0.1) is 5.69 Å². The second kappa shape index (κ2) is 3.75. The van der Waals surface area contributed by atoms with E-state index >= 15 is 0 Å². The number of thiazole rings is 1. The van der Waals surface area contributed by atoms with Crippen LogP contribution >= 0.6 is 11.3 Å². The molecule has 0 radical (unpaired) electrons. The van der Waals surface area contributed by atoms with Gasteiger partial charge in [-0.1, -0.05) is 11.3 Å². The van der Waals surface area contributed by atoms with Crippen molar-refractivity contribution in [3.8, 4) is 5.13 Å². The Morgan fingerprint density at radius 1 is 1.47 bits per heavy atom. The molecule has 0 aliphatic rings. The highest BCUT2D eigenvalue weighted by Gasteiger charge is 2.10. The molecular weight excluding hydrogens is 208 g/mol. The highest BCUT2D eigenvalue weighted by atomic mass is 32.1. The largest absolute Gasteiger partial charge is 0.323 e. The van der Waals surface area contributed by atoms with E-state index in [9.17, 15) is 0 Å². The quantitative estimate of drug-likeness (QED) is 0.845. The zero-order valence-electron chi connectivity index (χ0n) is 9.06. The first-order chi connectivity index (χ1) is 7.08. The summed E-state index contributed by atoms with van der Waals surface area (Å²) in [6.45, 7) is 5.95. The second-order valence-corrected chi connectivity index (χ2v) is 4.71. The highest BCUT2D eigenvalue weighted by Crippen LogP contribution is 2.22. The van der Waals surface area contributed by atoms with Gasteiger partial charge < -0.3 is 5.73 Å². The van der Waals surface area contributed by atoms with Crippen LogP contribution in [0.3, 0.4) is 0 Å². The Bertz CT molecular complexity index is 469. The van der Waals surface area contributed by atoms with Crippen LogP contribution in [-0.4, -0.2) is 14.8 Å². The maximum Gasteiger partial charge on any atom is 0.210 e. The van der Waals surface area contributed by atoms with Gasteiger partial charge in [-0.2, -0.15) is 5.10 Å². The Kier molecular flexibility index (Phi) is 2.58. The summed E-state index contributed by atoms with van der Waals surface area (Å²) in [5, 5.41) is 5.26. The van der Waals surface area contributed by atoms with Gasteiger partial charge in [0.25, 0.3) is 0 Å². The normalized spacial score (nSPS) is 13.1. The minimum atomic E-state index is 0.0354. The van der Waals surface area contributed by atoms with Crippen LogP contribution in [0.4, 0.5) is 0 Å². The molecule has 2 aromatic rings. The lowest BCUT2D eigenvalue weighted by Crippen LogP contribution is -2.01. The number of hydrogen-bond donors (Lipinski definition) is 1. The molecule has 0 bridgehead atoms. The molecule has 1 atom stereocenters. The summed E-state index contributed by atoms with van der Waals surface area (Å²) >= 11 is 1.59. The van der Waals surface area contributed by atoms with Crippen molar-refractivity contribution < 1.29 is 0 Å². The lowest BCUT2D eigenvalue weighted by Gasteiger charge is -1.99. The molecule has 0 aromatic carbocycles. The van der Waals surface area contributed by atoms with Gasteiger partial charge in [-0.05, 0) is 26.8 Å². The van der Waals surface area contributed by atoms with Crippen LogP contribution in [0.2, 0.25) is 0 Å². The fourth-order valence-electron chi connectivity index (χ4n) is 1.41. The lowest BCUT2D eigenvalue weighted by molar-refractivity contribution is 0.822. The number of aryl methyl sites for hydroxylation is 2. The maximum absolute atomic E-state index is 5.79. The SMILES string of the molecule is Cc1cc(C)n(-c2ncc(C(C)N)s2)n1. The van der Waals surface area contributed by atoms with Crippen molar-refractivity contribution in [1.82, 2.24) is 14.8 Å². The molecule has 0 saturated carbocycles. The Labute approximate surface area is 92.8 Å². The van der Waals surface area contributed by atoms with E-state index in [0.29, 0.717) is 0 Å². The molecule has 0 saturated heterocycles. The fourth-order valence-corrected chi connectivity index (χ4v) is 2.29. The average Bonchev–Trinajstić information content (AvgIpc) is 2.71. The van der Waals surface area contributed by atoms with E-state index in [4.69, 9.17) is 5.73 Å². The first kappa shape index (κ1) is 10.3. The van der Waals surface area contributed by atoms with Gasteiger partial charge in [0.15, 0.2) is 0 Å². The molecule has 2 N–H and O–H groups in total. The topological polar surface area (TPSA) is 56.7 Å². The summed E-state index contributed by atoms with van der Waals surface area (Å²) in [5.74, 6) is 0. The Morgan fingerprint density at radius 3 is 2.67 bits per heavy atom. The van der Waals surface area contributed by atoms with Gasteiger partial charge >= 0.3 is 0 Å². The van der Waals surface area contributed by atoms with Crippen LogP contribution in [0, 0.1) is 13.8 Å². The first-order valence-electron chi connectivity index (χ1n) is 4.83. The predicted molar refractivity (Wildman–Crippen MR) is 61.3 cm³/mol. The Hall–Kier alpha value is -1.20. The molecule has 15 heavy (non-hydrogen) atoms. The molecule has 2 rings (SSSR count). The standard InChI is InChI=1S/C10H14N4S/c1-6-4-7(2)14(13-6)10-12-5-9(15-10)8(3)11/h4-5,8H,11H2,1-3H3. The van der Waals surface area contributed by atoms with Crippen molar-refractivity contribution in [2.45, 2.75) is 26.8 Å². The molecule has 0 aliphatic heterocycles. The van der Waals surface area contributed by atoms with Crippen LogP contribution < -0.4 is 5.73 Å². The average molecular weight is 222 g/mol. The van der Waals surface area contributed by atoms with Crippen LogP contribution in [-0.2, 0) is 0 Å². The Balaban J connectivity index is 2.41. The van der Waals surface area contributed by atoms with E-state index < -0.39 is 0 Å². The van der Waals surface area contributed by atoms with Gasteiger partial charge in [0.1, 0.15) is 0 Å². The third-order valence-electron chi connectivity index (χ3n) is 2.15. The van der Waals surface area contributed by atoms with Crippen molar-refractivity contribution in [3.05, 3.63) is 28.5 Å². The van der Waals surface area contributed by atoms with Crippen LogP contribution in [0.5, 0.6) is 0 Å². The number of rotatable bonds is 2. The summed E-state index contributed by atoms with van der Waals surface area (Å²) in [6, 6.07) is 2.07. The molecule has 0 aliphatic carbocycles. The summed E-state index contributed by atoms with van der Waals surface area (Å²) in [7, 11) is 0. The summed E-state index contributed by atoms with van der Waals surface area (Å²) in [6.07, 6.45) is 1.82. The zero-order valence-corrected chi connectivity index (χ0v) is 9.88. The monoisotopic (exact) mass is 222 g/mol. The van der Waals surface area contributed by atoms with E-state index in [1.165, 1.54) is 0 Å². The van der Waals surface area contributed by atoms with Crippen molar-refractivity contribution >= 4 is 11.3 Å². The van der Waals surface area contributed by atoms with Crippen LogP contribution in [0.25, 0.3) is 5.13 Å². The molecular formula is C10H14N4S. The van der Waals surface area contributed by atoms with Crippen molar-refractivity contribution in [2.24, 2.45) is 5.73 Å². The van der Waals surface area contributed by atoms with Gasteiger partial charge in [-0.3, -0.25) is 0 Å². The van der Waals surface area contributed by atoms with Gasteiger partial charge in [-0.15, -0.1) is 0 Å². The summed E-state index contributed by atoms with van der Waals surface area (Å²) < 4.78 is 1.85. The molecule has 5 heteroatoms.